The van der Waals surface area contributed by atoms with Gasteiger partial charge in [-0.1, -0.05) is 6.42 Å². The van der Waals surface area contributed by atoms with Gasteiger partial charge >= 0.3 is 0 Å². The maximum absolute atomic E-state index is 12.9. The lowest BCUT2D eigenvalue weighted by Gasteiger charge is -2.49. The molecule has 4 rings (SSSR count). The van der Waals surface area contributed by atoms with Gasteiger partial charge in [0.05, 0.1) is 23.0 Å². The van der Waals surface area contributed by atoms with Crippen LogP contribution in [0.5, 0.6) is 5.75 Å². The van der Waals surface area contributed by atoms with Gasteiger partial charge in [-0.3, -0.25) is 13.9 Å². The molecule has 8 nitrogen and oxygen atoms in total. The normalized spacial score (nSPS) is 25.7. The van der Waals surface area contributed by atoms with Gasteiger partial charge in [-0.2, -0.15) is 0 Å². The number of phenolic OH excluding ortho intramolecular Hbond substituents is 1. The molecule has 1 aromatic carbocycles. The molecule has 2 saturated heterocycles. The van der Waals surface area contributed by atoms with E-state index in [0.717, 1.165) is 19.3 Å². The van der Waals surface area contributed by atoms with Crippen LogP contribution in [0.25, 0.3) is 0 Å². The zero-order chi connectivity index (χ0) is 19.2. The van der Waals surface area contributed by atoms with Crippen LogP contribution in [-0.4, -0.2) is 44.2 Å². The van der Waals surface area contributed by atoms with Gasteiger partial charge in [0.2, 0.25) is 21.8 Å². The van der Waals surface area contributed by atoms with E-state index in [1.165, 1.54) is 22.5 Å². The quantitative estimate of drug-likeness (QED) is 0.667. The molecule has 146 valence electrons. The molecule has 1 saturated carbocycles. The van der Waals surface area contributed by atoms with E-state index in [1.54, 1.807) is 0 Å². The number of hydrogen-bond donors (Lipinski definition) is 3. The number of benzene rings is 1. The average molecular weight is 393 g/mol. The number of nitrogens with one attached hydrogen (secondary N) is 2. The van der Waals surface area contributed by atoms with Gasteiger partial charge in [-0.25, -0.2) is 8.42 Å². The van der Waals surface area contributed by atoms with E-state index in [0.29, 0.717) is 25.1 Å². The average Bonchev–Trinajstić information content (AvgIpc) is 2.94. The minimum Gasteiger partial charge on any atom is -0.506 e. The Hall–Kier alpha value is -2.29. The fraction of sp³-hybridized carbons (Fsp3) is 0.556. The topological polar surface area (TPSA) is 116 Å². The van der Waals surface area contributed by atoms with Crippen LogP contribution in [0.1, 0.15) is 32.1 Å². The Kier molecular flexibility index (Phi) is 4.29. The second-order valence-electron chi connectivity index (χ2n) is 7.68. The lowest BCUT2D eigenvalue weighted by atomic mass is 9.57. The number of nitrogens with zero attached hydrogens (tertiary/aromatic N) is 1. The highest BCUT2D eigenvalue weighted by Crippen LogP contribution is 2.51. The van der Waals surface area contributed by atoms with Crippen LogP contribution in [-0.2, 0) is 19.6 Å². The minimum atomic E-state index is -3.35. The van der Waals surface area contributed by atoms with Crippen molar-refractivity contribution in [3.05, 3.63) is 18.2 Å². The van der Waals surface area contributed by atoms with Crippen molar-refractivity contribution in [2.45, 2.75) is 32.1 Å². The number of piperidine rings is 1. The van der Waals surface area contributed by atoms with Crippen molar-refractivity contribution >= 4 is 33.2 Å². The second-order valence-corrected chi connectivity index (χ2v) is 9.69. The van der Waals surface area contributed by atoms with Gasteiger partial charge in [-0.15, -0.1) is 0 Å². The molecule has 1 atom stereocenters. The van der Waals surface area contributed by atoms with Crippen LogP contribution < -0.4 is 14.9 Å². The van der Waals surface area contributed by atoms with Crippen LogP contribution >= 0.6 is 0 Å². The van der Waals surface area contributed by atoms with Crippen molar-refractivity contribution in [2.24, 2.45) is 11.3 Å². The van der Waals surface area contributed by atoms with Gasteiger partial charge in [0.25, 0.3) is 0 Å². The molecule has 0 bridgehead atoms. The van der Waals surface area contributed by atoms with Crippen molar-refractivity contribution in [3.8, 4) is 5.75 Å². The van der Waals surface area contributed by atoms with E-state index in [1.807, 2.05) is 0 Å². The molecule has 27 heavy (non-hydrogen) atoms. The number of phenols is 1. The molecule has 3 fully saturated rings. The Morgan fingerprint density at radius 2 is 2.07 bits per heavy atom. The Morgan fingerprint density at radius 1 is 1.30 bits per heavy atom. The van der Waals surface area contributed by atoms with Crippen molar-refractivity contribution < 1.29 is 23.1 Å². The molecular weight excluding hydrogens is 370 g/mol. The highest BCUT2D eigenvalue weighted by atomic mass is 32.2. The minimum absolute atomic E-state index is 0.0252. The SMILES string of the molecule is O=C1CC2(CCC2)C(C(=O)Nc2cc(N3CCCS3(=O)=O)ccc2O)CN1. The van der Waals surface area contributed by atoms with Crippen LogP contribution in [0, 0.1) is 11.3 Å². The monoisotopic (exact) mass is 393 g/mol. The third-order valence-electron chi connectivity index (χ3n) is 6.05. The number of hydrogen-bond acceptors (Lipinski definition) is 5. The Bertz CT molecular complexity index is 894. The molecule has 2 heterocycles. The van der Waals surface area contributed by atoms with E-state index >= 15 is 0 Å². The standard InChI is InChI=1S/C18H23N3O5S/c22-15-4-3-12(21-7-2-8-27(21,25)26)9-14(15)20-17(24)13-11-19-16(23)10-18(13)5-1-6-18/h3-4,9,13,22H,1-2,5-8,10-11H2,(H,19,23)(H,20,24). The third-order valence-corrected chi connectivity index (χ3v) is 7.92. The van der Waals surface area contributed by atoms with E-state index in [-0.39, 0.29) is 46.9 Å². The zero-order valence-electron chi connectivity index (χ0n) is 14.9. The van der Waals surface area contributed by atoms with Gasteiger partial charge < -0.3 is 15.7 Å². The summed E-state index contributed by atoms with van der Waals surface area (Å²) in [6, 6.07) is 4.41. The summed E-state index contributed by atoms with van der Waals surface area (Å²) < 4.78 is 25.6. The van der Waals surface area contributed by atoms with E-state index in [9.17, 15) is 23.1 Å². The number of anilines is 2. The summed E-state index contributed by atoms with van der Waals surface area (Å²) in [5.74, 6) is -0.664. The molecule has 9 heteroatoms. The van der Waals surface area contributed by atoms with Gasteiger partial charge in [0.1, 0.15) is 5.75 Å². The molecule has 3 aliphatic rings. The van der Waals surface area contributed by atoms with Crippen LogP contribution in [0.4, 0.5) is 11.4 Å². The number of carbonyl (C=O) groups excluding carboxylic acids is 2. The number of rotatable bonds is 3. The molecule has 1 spiro atoms. The number of carbonyl (C=O) groups is 2. The zero-order valence-corrected chi connectivity index (χ0v) is 15.7. The first-order valence-electron chi connectivity index (χ1n) is 9.22. The predicted molar refractivity (Wildman–Crippen MR) is 99.9 cm³/mol. The molecule has 3 N–H and O–H groups in total. The largest absolute Gasteiger partial charge is 0.506 e. The van der Waals surface area contributed by atoms with E-state index < -0.39 is 10.0 Å². The van der Waals surface area contributed by atoms with E-state index in [2.05, 4.69) is 10.6 Å². The van der Waals surface area contributed by atoms with Crippen LogP contribution in [0.2, 0.25) is 0 Å². The van der Waals surface area contributed by atoms with Crippen LogP contribution in [0.15, 0.2) is 18.2 Å². The van der Waals surface area contributed by atoms with Gasteiger partial charge in [0, 0.05) is 19.5 Å². The Labute approximate surface area is 158 Å². The summed E-state index contributed by atoms with van der Waals surface area (Å²) in [6.45, 7) is 0.671. The summed E-state index contributed by atoms with van der Waals surface area (Å²) in [5, 5.41) is 15.6. The van der Waals surface area contributed by atoms with Crippen molar-refractivity contribution in [2.75, 3.05) is 28.5 Å². The smallest absolute Gasteiger partial charge is 0.235 e. The molecular formula is C18H23N3O5S. The summed E-state index contributed by atoms with van der Waals surface area (Å²) in [5.41, 5.74) is 0.319. The highest BCUT2D eigenvalue weighted by Gasteiger charge is 2.51. The van der Waals surface area contributed by atoms with Crippen LogP contribution in [0.3, 0.4) is 0 Å². The fourth-order valence-corrected chi connectivity index (χ4v) is 5.95. The number of aromatic hydroxyl groups is 1. The lowest BCUT2D eigenvalue weighted by molar-refractivity contribution is -0.138. The molecule has 0 aromatic heterocycles. The summed E-state index contributed by atoms with van der Waals surface area (Å²) in [6.07, 6.45) is 3.59. The molecule has 2 amide bonds. The van der Waals surface area contributed by atoms with Crippen molar-refractivity contribution in [3.63, 3.8) is 0 Å². The van der Waals surface area contributed by atoms with Crippen molar-refractivity contribution in [1.29, 1.82) is 0 Å². The third kappa shape index (κ3) is 3.13. The number of sulfonamides is 1. The summed E-state index contributed by atoms with van der Waals surface area (Å²) in [7, 11) is -3.35. The van der Waals surface area contributed by atoms with Gasteiger partial charge in [-0.05, 0) is 42.9 Å². The Morgan fingerprint density at radius 3 is 2.70 bits per heavy atom. The van der Waals surface area contributed by atoms with E-state index in [4.69, 9.17) is 0 Å². The molecule has 1 unspecified atom stereocenters. The fourth-order valence-electron chi connectivity index (χ4n) is 4.39. The summed E-state index contributed by atoms with van der Waals surface area (Å²) in [4.78, 5) is 24.6. The molecule has 1 aliphatic carbocycles. The summed E-state index contributed by atoms with van der Waals surface area (Å²) >= 11 is 0. The molecule has 0 radical (unpaired) electrons. The maximum Gasteiger partial charge on any atom is 0.235 e. The highest BCUT2D eigenvalue weighted by molar-refractivity contribution is 7.93. The van der Waals surface area contributed by atoms with Gasteiger partial charge in [0.15, 0.2) is 0 Å². The second kappa shape index (κ2) is 6.40. The maximum atomic E-state index is 12.9. The first kappa shape index (κ1) is 18.1. The number of amides is 2. The molecule has 1 aromatic rings. The molecule has 2 aliphatic heterocycles. The predicted octanol–water partition coefficient (Wildman–Crippen LogP) is 1.18. The van der Waals surface area contributed by atoms with Crippen molar-refractivity contribution in [1.82, 2.24) is 5.32 Å². The first-order valence-corrected chi connectivity index (χ1v) is 10.8. The lowest BCUT2D eigenvalue weighted by Crippen LogP contribution is -2.55. The first-order chi connectivity index (χ1) is 12.8. The Balaban J connectivity index is 1.56.